The molecule has 1 amide bonds. The van der Waals surface area contributed by atoms with Crippen LogP contribution in [-0.2, 0) is 19.0 Å². The predicted octanol–water partition coefficient (Wildman–Crippen LogP) is 6.76. The number of thiazole rings is 1. The van der Waals surface area contributed by atoms with Gasteiger partial charge in [-0.2, -0.15) is 13.2 Å². The fraction of sp³-hybridized carbons (Fsp3) is 0.364. The highest BCUT2D eigenvalue weighted by molar-refractivity contribution is 7.13. The summed E-state index contributed by atoms with van der Waals surface area (Å²) in [6, 6.07) is 12.5. The number of amides is 1. The van der Waals surface area contributed by atoms with Gasteiger partial charge in [0.2, 0.25) is 0 Å². The number of carbonyl (C=O) groups is 1. The highest BCUT2D eigenvalue weighted by Gasteiger charge is 2.30. The van der Waals surface area contributed by atoms with E-state index in [1.54, 1.807) is 16.0 Å². The summed E-state index contributed by atoms with van der Waals surface area (Å²) in [6.45, 7) is 10.7. The molecule has 5 rings (SSSR count). The van der Waals surface area contributed by atoms with Gasteiger partial charge in [-0.15, -0.1) is 11.3 Å². The molecule has 0 atom stereocenters. The number of nitrogens with zero attached hydrogens (tertiary/aromatic N) is 3. The van der Waals surface area contributed by atoms with E-state index in [0.717, 1.165) is 28.9 Å². The standard InChI is InChI=1S/C33H35F3N4O2S/c1-5-22-7-6-21(4)17-28(22)40-29(16-20(2)3)25(31(41)39-14-12-37-13-15-39)18-26(32(40)42)30-38-27(19-43-30)23-8-10-24(11-9-23)33(34,35)36/h6-11,17-20,37H,5,12-16H2,1-4H3. The molecule has 226 valence electrons. The van der Waals surface area contributed by atoms with Gasteiger partial charge in [0.05, 0.1) is 28.1 Å². The van der Waals surface area contributed by atoms with E-state index in [2.05, 4.69) is 19.2 Å². The van der Waals surface area contributed by atoms with Gasteiger partial charge in [0.15, 0.2) is 0 Å². The number of pyridine rings is 1. The molecule has 0 unspecified atom stereocenters. The van der Waals surface area contributed by atoms with Crippen molar-refractivity contribution in [3.63, 3.8) is 0 Å². The fourth-order valence-corrected chi connectivity index (χ4v) is 6.25. The molecule has 10 heteroatoms. The molecular formula is C33H35F3N4O2S. The van der Waals surface area contributed by atoms with Crippen molar-refractivity contribution in [2.75, 3.05) is 26.2 Å². The minimum atomic E-state index is -4.44. The Morgan fingerprint density at radius 3 is 2.40 bits per heavy atom. The van der Waals surface area contributed by atoms with Crippen molar-refractivity contribution < 1.29 is 18.0 Å². The number of hydrogen-bond acceptors (Lipinski definition) is 5. The minimum Gasteiger partial charge on any atom is -0.336 e. The molecule has 2 aromatic carbocycles. The number of benzene rings is 2. The normalized spacial score (nSPS) is 14.0. The molecule has 0 aliphatic carbocycles. The van der Waals surface area contributed by atoms with E-state index < -0.39 is 11.7 Å². The number of nitrogens with one attached hydrogen (secondary N) is 1. The Morgan fingerprint density at radius 1 is 1.07 bits per heavy atom. The first-order valence-electron chi connectivity index (χ1n) is 14.5. The van der Waals surface area contributed by atoms with Crippen molar-refractivity contribution in [3.8, 4) is 27.5 Å². The summed E-state index contributed by atoms with van der Waals surface area (Å²) < 4.78 is 41.0. The van der Waals surface area contributed by atoms with Gasteiger partial charge >= 0.3 is 6.18 Å². The molecule has 2 aromatic heterocycles. The lowest BCUT2D eigenvalue weighted by atomic mass is 9.98. The van der Waals surface area contributed by atoms with E-state index in [-0.39, 0.29) is 22.9 Å². The zero-order valence-corrected chi connectivity index (χ0v) is 25.5. The SMILES string of the molecule is CCc1ccc(C)cc1-n1c(CC(C)C)c(C(=O)N2CCNCC2)cc(-c2nc(-c3ccc(C(F)(F)F)cc3)cs2)c1=O. The van der Waals surface area contributed by atoms with Gasteiger partial charge in [0, 0.05) is 42.8 Å². The average Bonchev–Trinajstić information content (AvgIpc) is 3.47. The molecular weight excluding hydrogens is 573 g/mol. The summed E-state index contributed by atoms with van der Waals surface area (Å²) in [5, 5.41) is 5.42. The molecule has 0 radical (unpaired) electrons. The number of halogens is 3. The fourth-order valence-electron chi connectivity index (χ4n) is 5.41. The summed E-state index contributed by atoms with van der Waals surface area (Å²) in [4.78, 5) is 35.1. The highest BCUT2D eigenvalue weighted by Crippen LogP contribution is 2.33. The molecule has 43 heavy (non-hydrogen) atoms. The largest absolute Gasteiger partial charge is 0.416 e. The molecule has 4 aromatic rings. The zero-order valence-electron chi connectivity index (χ0n) is 24.7. The molecule has 0 saturated carbocycles. The van der Waals surface area contributed by atoms with Gasteiger partial charge in [-0.25, -0.2) is 4.98 Å². The van der Waals surface area contributed by atoms with E-state index >= 15 is 0 Å². The zero-order chi connectivity index (χ0) is 30.9. The molecule has 1 saturated heterocycles. The summed E-state index contributed by atoms with van der Waals surface area (Å²) in [5.41, 5.74) is 4.12. The van der Waals surface area contributed by atoms with Crippen LogP contribution in [0.1, 0.15) is 53.5 Å². The van der Waals surface area contributed by atoms with E-state index in [4.69, 9.17) is 4.98 Å². The molecule has 0 spiro atoms. The van der Waals surface area contributed by atoms with Crippen molar-refractivity contribution in [1.29, 1.82) is 0 Å². The van der Waals surface area contributed by atoms with Crippen LogP contribution in [0.2, 0.25) is 0 Å². The third kappa shape index (κ3) is 6.45. The number of aromatic nitrogens is 2. The van der Waals surface area contributed by atoms with Crippen molar-refractivity contribution >= 4 is 17.2 Å². The summed E-state index contributed by atoms with van der Waals surface area (Å²) in [5.74, 6) is 0.0458. The van der Waals surface area contributed by atoms with Gasteiger partial charge in [-0.1, -0.05) is 45.0 Å². The number of hydrogen-bond donors (Lipinski definition) is 1. The number of rotatable bonds is 7. The molecule has 0 bridgehead atoms. The van der Waals surface area contributed by atoms with Gasteiger partial charge in [-0.05, 0) is 61.1 Å². The molecule has 1 N–H and O–H groups in total. The van der Waals surface area contributed by atoms with Crippen molar-refractivity contribution in [3.05, 3.63) is 92.2 Å². The Labute approximate surface area is 253 Å². The lowest BCUT2D eigenvalue weighted by molar-refractivity contribution is -0.137. The Balaban J connectivity index is 1.73. The van der Waals surface area contributed by atoms with Crippen molar-refractivity contribution in [1.82, 2.24) is 19.8 Å². The summed E-state index contributed by atoms with van der Waals surface area (Å²) >= 11 is 1.23. The summed E-state index contributed by atoms with van der Waals surface area (Å²) in [6.07, 6.45) is -3.21. The molecule has 6 nitrogen and oxygen atoms in total. The third-order valence-corrected chi connectivity index (χ3v) is 8.52. The first kappa shape index (κ1) is 30.7. The van der Waals surface area contributed by atoms with Gasteiger partial charge in [0.1, 0.15) is 5.01 Å². The van der Waals surface area contributed by atoms with Crippen LogP contribution in [0.4, 0.5) is 13.2 Å². The maximum Gasteiger partial charge on any atom is 0.416 e. The second-order valence-electron chi connectivity index (χ2n) is 11.3. The van der Waals surface area contributed by atoms with Crippen LogP contribution >= 0.6 is 11.3 Å². The van der Waals surface area contributed by atoms with E-state index in [1.165, 1.54) is 23.5 Å². The maximum atomic E-state index is 14.5. The average molecular weight is 609 g/mol. The van der Waals surface area contributed by atoms with Gasteiger partial charge in [0.25, 0.3) is 11.5 Å². The van der Waals surface area contributed by atoms with Crippen LogP contribution in [0, 0.1) is 12.8 Å². The smallest absolute Gasteiger partial charge is 0.336 e. The Kier molecular flexibility index (Phi) is 8.89. The lowest BCUT2D eigenvalue weighted by Crippen LogP contribution is -2.47. The molecule has 1 aliphatic heterocycles. The Hall–Kier alpha value is -3.76. The first-order chi connectivity index (χ1) is 20.5. The van der Waals surface area contributed by atoms with E-state index in [1.807, 2.05) is 36.9 Å². The third-order valence-electron chi connectivity index (χ3n) is 7.64. The van der Waals surface area contributed by atoms with Gasteiger partial charge in [-0.3, -0.25) is 14.2 Å². The van der Waals surface area contributed by atoms with Gasteiger partial charge < -0.3 is 10.2 Å². The van der Waals surface area contributed by atoms with Crippen LogP contribution in [-0.4, -0.2) is 46.5 Å². The highest BCUT2D eigenvalue weighted by atomic mass is 32.1. The van der Waals surface area contributed by atoms with Crippen LogP contribution in [0.5, 0.6) is 0 Å². The second-order valence-corrected chi connectivity index (χ2v) is 12.2. The molecule has 3 heterocycles. The monoisotopic (exact) mass is 608 g/mol. The minimum absolute atomic E-state index is 0.127. The Morgan fingerprint density at radius 2 is 1.77 bits per heavy atom. The number of piperazine rings is 1. The second kappa shape index (κ2) is 12.5. The topological polar surface area (TPSA) is 67.2 Å². The predicted molar refractivity (Wildman–Crippen MR) is 165 cm³/mol. The maximum absolute atomic E-state index is 14.5. The Bertz CT molecular complexity index is 1680. The molecule has 1 fully saturated rings. The number of alkyl halides is 3. The number of aryl methyl sites for hydroxylation is 2. The summed E-state index contributed by atoms with van der Waals surface area (Å²) in [7, 11) is 0. The van der Waals surface area contributed by atoms with Crippen LogP contribution in [0.3, 0.4) is 0 Å². The van der Waals surface area contributed by atoms with Crippen LogP contribution in [0.15, 0.2) is 58.7 Å². The van der Waals surface area contributed by atoms with Crippen molar-refractivity contribution in [2.24, 2.45) is 5.92 Å². The first-order valence-corrected chi connectivity index (χ1v) is 15.4. The van der Waals surface area contributed by atoms with E-state index in [0.29, 0.717) is 66.5 Å². The lowest BCUT2D eigenvalue weighted by Gasteiger charge is -2.29. The quantitative estimate of drug-likeness (QED) is 0.252. The van der Waals surface area contributed by atoms with Crippen LogP contribution < -0.4 is 10.9 Å². The van der Waals surface area contributed by atoms with Crippen molar-refractivity contribution in [2.45, 2.75) is 46.7 Å². The van der Waals surface area contributed by atoms with E-state index in [9.17, 15) is 22.8 Å². The van der Waals surface area contributed by atoms with Crippen LogP contribution in [0.25, 0.3) is 27.5 Å². The molecule has 1 aliphatic rings. The number of carbonyl (C=O) groups excluding carboxylic acids is 1.